The second-order valence-electron chi connectivity index (χ2n) is 7.47. The fourth-order valence-corrected chi connectivity index (χ4v) is 4.49. The Hall–Kier alpha value is -1.76. The summed E-state index contributed by atoms with van der Waals surface area (Å²) in [6.07, 6.45) is -2.53. The first kappa shape index (κ1) is 18.0. The van der Waals surface area contributed by atoms with Crippen molar-refractivity contribution >= 4 is 6.03 Å². The number of nitrogens with zero attached hydrogens (tertiary/aromatic N) is 1. The Kier molecular flexibility index (Phi) is 4.47. The Labute approximate surface area is 145 Å². The largest absolute Gasteiger partial charge is 0.397 e. The molecule has 1 aromatic carbocycles. The average molecular weight is 355 g/mol. The van der Waals surface area contributed by atoms with Gasteiger partial charge in [0.2, 0.25) is 0 Å². The maximum atomic E-state index is 14.1. The minimum absolute atomic E-state index is 0.229. The van der Waals surface area contributed by atoms with Crippen LogP contribution in [0.3, 0.4) is 0 Å². The van der Waals surface area contributed by atoms with Gasteiger partial charge in [-0.05, 0) is 45.3 Å². The zero-order valence-corrected chi connectivity index (χ0v) is 14.5. The van der Waals surface area contributed by atoms with Crippen LogP contribution in [0.5, 0.6) is 0 Å². The quantitative estimate of drug-likeness (QED) is 0.874. The number of urea groups is 1. The molecular formula is C18H24F3N3O. The number of alkyl halides is 3. The van der Waals surface area contributed by atoms with E-state index in [1.54, 1.807) is 49.3 Å². The first-order valence-corrected chi connectivity index (χ1v) is 8.54. The highest BCUT2D eigenvalue weighted by Crippen LogP contribution is 2.52. The fourth-order valence-electron chi connectivity index (χ4n) is 4.49. The molecule has 2 amide bonds. The molecule has 25 heavy (non-hydrogen) atoms. The van der Waals surface area contributed by atoms with Crippen LogP contribution in [0.4, 0.5) is 18.0 Å². The normalized spacial score (nSPS) is 31.0. The Bertz CT molecular complexity index is 622. The van der Waals surface area contributed by atoms with E-state index in [0.29, 0.717) is 37.8 Å². The van der Waals surface area contributed by atoms with Gasteiger partial charge in [-0.3, -0.25) is 0 Å². The summed E-state index contributed by atoms with van der Waals surface area (Å²) < 4.78 is 42.4. The number of halogens is 3. The van der Waals surface area contributed by atoms with Crippen molar-refractivity contribution in [2.45, 2.75) is 48.9 Å². The van der Waals surface area contributed by atoms with Gasteiger partial charge in [0.05, 0.1) is 11.5 Å². The molecule has 0 aromatic heterocycles. The summed E-state index contributed by atoms with van der Waals surface area (Å²) in [5.41, 5.74) is -1.13. The maximum absolute atomic E-state index is 14.1. The van der Waals surface area contributed by atoms with Gasteiger partial charge in [-0.25, -0.2) is 4.79 Å². The summed E-state index contributed by atoms with van der Waals surface area (Å²) in [7, 11) is 3.45. The molecule has 1 atom stereocenters. The van der Waals surface area contributed by atoms with Gasteiger partial charge in [0, 0.05) is 12.1 Å². The first-order valence-electron chi connectivity index (χ1n) is 8.54. The van der Waals surface area contributed by atoms with E-state index < -0.39 is 23.2 Å². The van der Waals surface area contributed by atoms with Crippen LogP contribution < -0.4 is 10.6 Å². The van der Waals surface area contributed by atoms with Crippen molar-refractivity contribution in [2.24, 2.45) is 0 Å². The number of carbonyl (C=O) groups is 1. The number of amides is 2. The lowest BCUT2D eigenvalue weighted by Gasteiger charge is -2.52. The van der Waals surface area contributed by atoms with Crippen LogP contribution >= 0.6 is 0 Å². The zero-order valence-electron chi connectivity index (χ0n) is 14.5. The molecule has 1 saturated heterocycles. The maximum Gasteiger partial charge on any atom is 0.397 e. The number of carbonyl (C=O) groups excluding carboxylic acids is 1. The van der Waals surface area contributed by atoms with Crippen molar-refractivity contribution in [2.75, 3.05) is 20.6 Å². The molecule has 2 aliphatic rings. The third kappa shape index (κ3) is 3.21. The van der Waals surface area contributed by atoms with E-state index in [1.165, 1.54) is 0 Å². The Morgan fingerprint density at radius 1 is 1.08 bits per heavy atom. The van der Waals surface area contributed by atoms with Gasteiger partial charge < -0.3 is 15.5 Å². The summed E-state index contributed by atoms with van der Waals surface area (Å²) >= 11 is 0. The van der Waals surface area contributed by atoms with Crippen LogP contribution in [0, 0.1) is 0 Å². The molecule has 138 valence electrons. The summed E-state index contributed by atoms with van der Waals surface area (Å²) in [6.45, 7) is 0.483. The molecule has 0 bridgehead atoms. The van der Waals surface area contributed by atoms with Crippen LogP contribution in [0.2, 0.25) is 0 Å². The highest BCUT2D eigenvalue weighted by atomic mass is 19.4. The lowest BCUT2D eigenvalue weighted by molar-refractivity contribution is -0.186. The predicted octanol–water partition coefficient (Wildman–Crippen LogP) is 3.26. The lowest BCUT2D eigenvalue weighted by Crippen LogP contribution is -2.60. The van der Waals surface area contributed by atoms with Crippen molar-refractivity contribution in [1.29, 1.82) is 0 Å². The summed E-state index contributed by atoms with van der Waals surface area (Å²) in [5, 5.41) is 5.66. The van der Waals surface area contributed by atoms with E-state index in [4.69, 9.17) is 0 Å². The molecule has 1 unspecified atom stereocenters. The van der Waals surface area contributed by atoms with Crippen molar-refractivity contribution in [1.82, 2.24) is 15.5 Å². The van der Waals surface area contributed by atoms with Crippen LogP contribution in [-0.2, 0) is 0 Å². The highest BCUT2D eigenvalue weighted by Gasteiger charge is 2.58. The van der Waals surface area contributed by atoms with Crippen molar-refractivity contribution in [3.05, 3.63) is 35.9 Å². The van der Waals surface area contributed by atoms with Gasteiger partial charge in [-0.15, -0.1) is 0 Å². The second kappa shape index (κ2) is 6.20. The molecule has 1 heterocycles. The average Bonchev–Trinajstić information content (AvgIpc) is 2.90. The van der Waals surface area contributed by atoms with Crippen molar-refractivity contribution in [3.63, 3.8) is 0 Å². The molecule has 1 spiro atoms. The standard InChI is InChI=1S/C18H24F3N3O/c1-24(2)17(10-8-16(9-11-17)12-22-15(25)23-16)14(18(19,20)21)13-6-4-3-5-7-13/h3-7,14H,8-12H2,1-2H3,(H2,22,23,25). The van der Waals surface area contributed by atoms with E-state index in [0.717, 1.165) is 0 Å². The highest BCUT2D eigenvalue weighted by molar-refractivity contribution is 5.77. The minimum atomic E-state index is -4.34. The topological polar surface area (TPSA) is 44.4 Å². The predicted molar refractivity (Wildman–Crippen MR) is 89.4 cm³/mol. The number of rotatable bonds is 3. The summed E-state index contributed by atoms with van der Waals surface area (Å²) in [4.78, 5) is 13.2. The molecule has 3 rings (SSSR count). The SMILES string of the molecule is CN(C)C1(C(c2ccccc2)C(F)(F)F)CCC2(CC1)CNC(=O)N2. The number of likely N-dealkylation sites (N-methyl/N-ethyl adjacent to an activating group) is 1. The summed E-state index contributed by atoms with van der Waals surface area (Å²) in [6, 6.07) is 7.94. The number of nitrogens with one attached hydrogen (secondary N) is 2. The van der Waals surface area contributed by atoms with E-state index in [9.17, 15) is 18.0 Å². The molecular weight excluding hydrogens is 331 g/mol. The van der Waals surface area contributed by atoms with Crippen LogP contribution in [0.1, 0.15) is 37.2 Å². The van der Waals surface area contributed by atoms with Gasteiger partial charge in [0.1, 0.15) is 0 Å². The molecule has 2 fully saturated rings. The first-order chi connectivity index (χ1) is 11.7. The Morgan fingerprint density at radius 3 is 2.12 bits per heavy atom. The molecule has 1 aliphatic heterocycles. The molecule has 0 radical (unpaired) electrons. The van der Waals surface area contributed by atoms with E-state index in [-0.39, 0.29) is 6.03 Å². The molecule has 1 aliphatic carbocycles. The third-order valence-corrected chi connectivity index (χ3v) is 5.93. The van der Waals surface area contributed by atoms with Crippen LogP contribution in [0.25, 0.3) is 0 Å². The van der Waals surface area contributed by atoms with Crippen LogP contribution in [-0.4, -0.2) is 48.8 Å². The second-order valence-corrected chi connectivity index (χ2v) is 7.47. The Balaban J connectivity index is 1.95. The lowest BCUT2D eigenvalue weighted by atomic mass is 9.64. The van der Waals surface area contributed by atoms with Gasteiger partial charge in [-0.2, -0.15) is 13.2 Å². The molecule has 7 heteroatoms. The van der Waals surface area contributed by atoms with Crippen molar-refractivity contribution < 1.29 is 18.0 Å². The number of benzene rings is 1. The van der Waals surface area contributed by atoms with Gasteiger partial charge >= 0.3 is 12.2 Å². The molecule has 2 N–H and O–H groups in total. The fraction of sp³-hybridized carbons (Fsp3) is 0.611. The molecule has 4 nitrogen and oxygen atoms in total. The van der Waals surface area contributed by atoms with Crippen molar-refractivity contribution in [3.8, 4) is 0 Å². The van der Waals surface area contributed by atoms with E-state index in [1.807, 2.05) is 0 Å². The van der Waals surface area contributed by atoms with E-state index in [2.05, 4.69) is 10.6 Å². The number of hydrogen-bond acceptors (Lipinski definition) is 2. The minimum Gasteiger partial charge on any atom is -0.336 e. The Morgan fingerprint density at radius 2 is 1.68 bits per heavy atom. The van der Waals surface area contributed by atoms with Gasteiger partial charge in [-0.1, -0.05) is 30.3 Å². The monoisotopic (exact) mass is 355 g/mol. The van der Waals surface area contributed by atoms with E-state index >= 15 is 0 Å². The summed E-state index contributed by atoms with van der Waals surface area (Å²) in [5.74, 6) is -1.56. The van der Waals surface area contributed by atoms with Crippen LogP contribution in [0.15, 0.2) is 30.3 Å². The van der Waals surface area contributed by atoms with Gasteiger partial charge in [0.15, 0.2) is 0 Å². The zero-order chi connectivity index (χ0) is 18.3. The third-order valence-electron chi connectivity index (χ3n) is 5.93. The number of hydrogen-bond donors (Lipinski definition) is 2. The molecule has 1 saturated carbocycles. The van der Waals surface area contributed by atoms with Gasteiger partial charge in [0.25, 0.3) is 0 Å². The smallest absolute Gasteiger partial charge is 0.336 e. The molecule has 1 aromatic rings.